The third kappa shape index (κ3) is 2.78. The van der Waals surface area contributed by atoms with E-state index in [0.717, 1.165) is 6.07 Å². The van der Waals surface area contributed by atoms with Gasteiger partial charge in [-0.25, -0.2) is 0 Å². The third-order valence-corrected chi connectivity index (χ3v) is 3.27. The second-order valence-electron chi connectivity index (χ2n) is 4.63. The summed E-state index contributed by atoms with van der Waals surface area (Å²) in [6.07, 6.45) is 1.18. The number of hydrogen-bond acceptors (Lipinski definition) is 4. The molecule has 102 valence electrons. The Morgan fingerprint density at radius 1 is 1.26 bits per heavy atom. The van der Waals surface area contributed by atoms with Gasteiger partial charge in [0.2, 0.25) is 0 Å². The van der Waals surface area contributed by atoms with Gasteiger partial charge in [0, 0.05) is 19.2 Å². The van der Waals surface area contributed by atoms with Crippen LogP contribution in [0.15, 0.2) is 18.2 Å². The lowest BCUT2D eigenvalue weighted by atomic mass is 9.97. The number of nitrogens with zero attached hydrogens (tertiary/aromatic N) is 1. The molecule has 0 saturated carbocycles. The van der Waals surface area contributed by atoms with E-state index in [4.69, 9.17) is 5.11 Å². The number of rotatable bonds is 2. The number of piperidine rings is 1. The molecule has 0 spiro atoms. The molecule has 1 amide bonds. The lowest BCUT2D eigenvalue weighted by molar-refractivity contribution is -0.143. The van der Waals surface area contributed by atoms with Crippen LogP contribution in [0.25, 0.3) is 0 Å². The van der Waals surface area contributed by atoms with Crippen molar-refractivity contribution in [1.82, 2.24) is 4.90 Å². The number of hydrogen-bond donors (Lipinski definition) is 3. The topological polar surface area (TPSA) is 98.1 Å². The Balaban J connectivity index is 2.17. The molecule has 0 radical (unpaired) electrons. The van der Waals surface area contributed by atoms with Crippen LogP contribution in [0.2, 0.25) is 0 Å². The zero-order chi connectivity index (χ0) is 14.0. The zero-order valence-electron chi connectivity index (χ0n) is 10.2. The first-order valence-electron chi connectivity index (χ1n) is 6.03. The fraction of sp³-hybridized carbons (Fsp3) is 0.385. The van der Waals surface area contributed by atoms with Crippen molar-refractivity contribution in [3.63, 3.8) is 0 Å². The quantitative estimate of drug-likeness (QED) is 0.742. The smallest absolute Gasteiger partial charge is 0.308 e. The highest BCUT2D eigenvalue weighted by Crippen LogP contribution is 2.26. The average molecular weight is 265 g/mol. The third-order valence-electron chi connectivity index (χ3n) is 3.27. The number of carbonyl (C=O) groups excluding carboxylic acids is 1. The second-order valence-corrected chi connectivity index (χ2v) is 4.63. The first-order valence-corrected chi connectivity index (χ1v) is 6.03. The summed E-state index contributed by atoms with van der Waals surface area (Å²) in [6.45, 7) is 0.622. The predicted molar refractivity (Wildman–Crippen MR) is 66.0 cm³/mol. The Kier molecular flexibility index (Phi) is 3.59. The number of phenols is 2. The summed E-state index contributed by atoms with van der Waals surface area (Å²) in [7, 11) is 0. The molecular formula is C13H15NO5. The summed E-state index contributed by atoms with van der Waals surface area (Å²) in [5, 5.41) is 27.8. The number of carboxylic acid groups (broad SMARTS) is 1. The van der Waals surface area contributed by atoms with Crippen molar-refractivity contribution < 1.29 is 24.9 Å². The Bertz CT molecular complexity index is 514. The Labute approximate surface area is 109 Å². The molecule has 1 heterocycles. The monoisotopic (exact) mass is 265 g/mol. The Morgan fingerprint density at radius 2 is 2.00 bits per heavy atom. The minimum atomic E-state index is -0.910. The van der Waals surface area contributed by atoms with Crippen molar-refractivity contribution in [1.29, 1.82) is 0 Å². The summed E-state index contributed by atoms with van der Waals surface area (Å²) in [6, 6.07) is 3.73. The first-order chi connectivity index (χ1) is 8.99. The molecule has 1 aliphatic rings. The normalized spacial score (nSPS) is 19.2. The Hall–Kier alpha value is -2.24. The molecule has 0 aliphatic carbocycles. The average Bonchev–Trinajstić information content (AvgIpc) is 2.38. The van der Waals surface area contributed by atoms with E-state index in [2.05, 4.69) is 0 Å². The van der Waals surface area contributed by atoms with Crippen LogP contribution in [0.4, 0.5) is 0 Å². The minimum absolute atomic E-state index is 0.0730. The van der Waals surface area contributed by atoms with Gasteiger partial charge in [-0.2, -0.15) is 0 Å². The van der Waals surface area contributed by atoms with E-state index < -0.39 is 17.8 Å². The maximum atomic E-state index is 12.2. The van der Waals surface area contributed by atoms with Crippen molar-refractivity contribution in [2.75, 3.05) is 13.1 Å². The van der Waals surface area contributed by atoms with Gasteiger partial charge in [0.05, 0.1) is 11.5 Å². The summed E-state index contributed by atoms with van der Waals surface area (Å²) >= 11 is 0. The number of phenolic OH excluding ortho intramolecular Hbond substituents is 2. The fourth-order valence-electron chi connectivity index (χ4n) is 2.23. The van der Waals surface area contributed by atoms with Gasteiger partial charge in [0.25, 0.3) is 5.91 Å². The summed E-state index contributed by atoms with van der Waals surface area (Å²) in [5.41, 5.74) is 0.0730. The molecule has 6 heteroatoms. The van der Waals surface area contributed by atoms with Crippen LogP contribution in [0.3, 0.4) is 0 Å². The highest BCUT2D eigenvalue weighted by Gasteiger charge is 2.29. The van der Waals surface area contributed by atoms with Crippen molar-refractivity contribution in [2.24, 2.45) is 5.92 Å². The number of aliphatic carboxylic acids is 1. The predicted octanol–water partition coefficient (Wildman–Crippen LogP) is 1.03. The molecular weight excluding hydrogens is 250 g/mol. The van der Waals surface area contributed by atoms with Crippen molar-refractivity contribution in [3.8, 4) is 11.5 Å². The van der Waals surface area contributed by atoms with Gasteiger partial charge >= 0.3 is 5.97 Å². The van der Waals surface area contributed by atoms with Crippen molar-refractivity contribution in [2.45, 2.75) is 12.8 Å². The van der Waals surface area contributed by atoms with E-state index in [1.807, 2.05) is 0 Å². The summed E-state index contributed by atoms with van der Waals surface area (Å²) in [4.78, 5) is 24.6. The number of likely N-dealkylation sites (tertiary alicyclic amines) is 1. The van der Waals surface area contributed by atoms with Gasteiger partial charge in [-0.3, -0.25) is 9.59 Å². The molecule has 1 unspecified atom stereocenters. The largest absolute Gasteiger partial charge is 0.508 e. The van der Waals surface area contributed by atoms with Crippen LogP contribution in [0.1, 0.15) is 23.2 Å². The van der Waals surface area contributed by atoms with E-state index in [1.54, 1.807) is 0 Å². The molecule has 19 heavy (non-hydrogen) atoms. The molecule has 2 rings (SSSR count). The molecule has 6 nitrogen and oxygen atoms in total. The lowest BCUT2D eigenvalue weighted by Crippen LogP contribution is -2.42. The number of amides is 1. The number of benzene rings is 1. The Morgan fingerprint density at radius 3 is 2.63 bits per heavy atom. The van der Waals surface area contributed by atoms with Crippen LogP contribution < -0.4 is 0 Å². The van der Waals surface area contributed by atoms with Gasteiger partial charge in [0.1, 0.15) is 11.5 Å². The van der Waals surface area contributed by atoms with Gasteiger partial charge in [0.15, 0.2) is 0 Å². The minimum Gasteiger partial charge on any atom is -0.508 e. The highest BCUT2D eigenvalue weighted by atomic mass is 16.4. The molecule has 1 aromatic rings. The van der Waals surface area contributed by atoms with Gasteiger partial charge < -0.3 is 20.2 Å². The van der Waals surface area contributed by atoms with E-state index in [-0.39, 0.29) is 23.6 Å². The standard InChI is InChI=1S/C13H15NO5/c15-9-3-4-10(11(16)6-9)12(17)14-5-1-2-8(7-14)13(18)19/h3-4,6,8,15-16H,1-2,5,7H2,(H,18,19). The van der Waals surface area contributed by atoms with Gasteiger partial charge in [-0.05, 0) is 25.0 Å². The molecule has 1 fully saturated rings. The maximum absolute atomic E-state index is 12.2. The molecule has 1 aromatic carbocycles. The van der Waals surface area contributed by atoms with Crippen molar-refractivity contribution in [3.05, 3.63) is 23.8 Å². The molecule has 0 aromatic heterocycles. The molecule has 1 atom stereocenters. The van der Waals surface area contributed by atoms with Crippen LogP contribution >= 0.6 is 0 Å². The van der Waals surface area contributed by atoms with Crippen LogP contribution in [0, 0.1) is 5.92 Å². The first kappa shape index (κ1) is 13.2. The zero-order valence-corrected chi connectivity index (χ0v) is 10.2. The van der Waals surface area contributed by atoms with E-state index in [1.165, 1.54) is 17.0 Å². The lowest BCUT2D eigenvalue weighted by Gasteiger charge is -2.30. The molecule has 1 aliphatic heterocycles. The number of carbonyl (C=O) groups is 2. The molecule has 3 N–H and O–H groups in total. The maximum Gasteiger partial charge on any atom is 0.308 e. The number of aromatic hydroxyl groups is 2. The fourth-order valence-corrected chi connectivity index (χ4v) is 2.23. The molecule has 0 bridgehead atoms. The van der Waals surface area contributed by atoms with Crippen LogP contribution in [-0.4, -0.2) is 45.2 Å². The van der Waals surface area contributed by atoms with Crippen LogP contribution in [-0.2, 0) is 4.79 Å². The summed E-state index contributed by atoms with van der Waals surface area (Å²) in [5.74, 6) is -2.31. The van der Waals surface area contributed by atoms with Gasteiger partial charge in [-0.15, -0.1) is 0 Å². The van der Waals surface area contributed by atoms with E-state index in [9.17, 15) is 19.8 Å². The van der Waals surface area contributed by atoms with Crippen LogP contribution in [0.5, 0.6) is 11.5 Å². The number of carboxylic acids is 1. The van der Waals surface area contributed by atoms with E-state index in [0.29, 0.717) is 19.4 Å². The molecule has 1 saturated heterocycles. The van der Waals surface area contributed by atoms with E-state index >= 15 is 0 Å². The second kappa shape index (κ2) is 5.17. The summed E-state index contributed by atoms with van der Waals surface area (Å²) < 4.78 is 0. The van der Waals surface area contributed by atoms with Gasteiger partial charge in [-0.1, -0.05) is 0 Å². The highest BCUT2D eigenvalue weighted by molar-refractivity contribution is 5.97. The van der Waals surface area contributed by atoms with Crippen molar-refractivity contribution >= 4 is 11.9 Å². The SMILES string of the molecule is O=C(O)C1CCCN(C(=O)c2ccc(O)cc2O)C1.